The van der Waals surface area contributed by atoms with E-state index in [9.17, 15) is 0 Å². The third-order valence-electron chi connectivity index (χ3n) is 5.22. The Morgan fingerprint density at radius 1 is 1.10 bits per heavy atom. The monoisotopic (exact) mass is 273 g/mol. The molecule has 0 heterocycles. The molecule has 2 heteroatoms. The van der Waals surface area contributed by atoms with E-state index in [1.165, 1.54) is 44.2 Å². The minimum absolute atomic E-state index is 0.748. The first-order valence-electron chi connectivity index (χ1n) is 8.12. The molecule has 2 saturated carbocycles. The van der Waals surface area contributed by atoms with E-state index in [4.69, 9.17) is 4.74 Å². The van der Waals surface area contributed by atoms with Crippen molar-refractivity contribution in [1.82, 2.24) is 5.32 Å². The van der Waals surface area contributed by atoms with Crippen LogP contribution < -0.4 is 10.1 Å². The zero-order valence-electron chi connectivity index (χ0n) is 12.8. The summed E-state index contributed by atoms with van der Waals surface area (Å²) < 4.78 is 5.21. The number of hydrogen-bond donors (Lipinski definition) is 1. The average molecular weight is 273 g/mol. The summed E-state index contributed by atoms with van der Waals surface area (Å²) in [6, 6.07) is 9.35. The topological polar surface area (TPSA) is 21.3 Å². The Morgan fingerprint density at radius 2 is 1.85 bits per heavy atom. The van der Waals surface area contributed by atoms with Gasteiger partial charge in [-0.15, -0.1) is 0 Å². The van der Waals surface area contributed by atoms with Crippen LogP contribution in [0.15, 0.2) is 24.3 Å². The second-order valence-electron chi connectivity index (χ2n) is 6.83. The van der Waals surface area contributed by atoms with Gasteiger partial charge in [0.15, 0.2) is 0 Å². The second-order valence-corrected chi connectivity index (χ2v) is 6.83. The molecule has 2 nitrogen and oxygen atoms in total. The van der Waals surface area contributed by atoms with Crippen LogP contribution in [-0.2, 0) is 0 Å². The van der Waals surface area contributed by atoms with Crippen molar-refractivity contribution >= 4 is 0 Å². The SMILES string of the molecule is COc1ccc(C2CC(NCC3CCC(C)C3)C2)cc1. The number of nitrogens with one attached hydrogen (secondary N) is 1. The molecule has 0 spiro atoms. The van der Waals surface area contributed by atoms with Crippen molar-refractivity contribution in [2.45, 2.75) is 51.0 Å². The molecule has 3 rings (SSSR count). The molecule has 2 atom stereocenters. The maximum atomic E-state index is 5.21. The van der Waals surface area contributed by atoms with E-state index in [0.29, 0.717) is 0 Å². The highest BCUT2D eigenvalue weighted by Crippen LogP contribution is 2.38. The zero-order valence-corrected chi connectivity index (χ0v) is 12.8. The minimum atomic E-state index is 0.748. The van der Waals surface area contributed by atoms with Gasteiger partial charge in [-0.05, 0) is 67.7 Å². The van der Waals surface area contributed by atoms with Crippen LogP contribution >= 0.6 is 0 Å². The normalized spacial score (nSPS) is 32.9. The Morgan fingerprint density at radius 3 is 2.45 bits per heavy atom. The fourth-order valence-corrected chi connectivity index (χ4v) is 3.78. The predicted octanol–water partition coefficient (Wildman–Crippen LogP) is 3.97. The van der Waals surface area contributed by atoms with Crippen molar-refractivity contribution in [3.05, 3.63) is 29.8 Å². The molecule has 2 aliphatic carbocycles. The molecule has 110 valence electrons. The summed E-state index contributed by atoms with van der Waals surface area (Å²) in [7, 11) is 1.72. The Hall–Kier alpha value is -1.02. The number of rotatable bonds is 5. The van der Waals surface area contributed by atoms with Crippen molar-refractivity contribution in [3.8, 4) is 5.75 Å². The molecule has 0 saturated heterocycles. The van der Waals surface area contributed by atoms with Gasteiger partial charge in [-0.3, -0.25) is 0 Å². The lowest BCUT2D eigenvalue weighted by Crippen LogP contribution is -2.41. The molecule has 20 heavy (non-hydrogen) atoms. The lowest BCUT2D eigenvalue weighted by atomic mass is 9.75. The van der Waals surface area contributed by atoms with Gasteiger partial charge in [0.1, 0.15) is 5.75 Å². The van der Waals surface area contributed by atoms with Gasteiger partial charge in [-0.1, -0.05) is 25.5 Å². The lowest BCUT2D eigenvalue weighted by molar-refractivity contribution is 0.275. The first kappa shape index (κ1) is 13.9. The number of ether oxygens (including phenoxy) is 1. The molecule has 1 aromatic rings. The summed E-state index contributed by atoms with van der Waals surface area (Å²) in [6.45, 7) is 3.63. The van der Waals surface area contributed by atoms with Gasteiger partial charge in [0.05, 0.1) is 7.11 Å². The first-order valence-corrected chi connectivity index (χ1v) is 8.12. The maximum Gasteiger partial charge on any atom is 0.118 e. The average Bonchev–Trinajstić information content (AvgIpc) is 2.83. The molecule has 0 aliphatic heterocycles. The summed E-state index contributed by atoms with van der Waals surface area (Å²) in [5.74, 6) is 3.60. The highest BCUT2D eigenvalue weighted by Gasteiger charge is 2.31. The fourth-order valence-electron chi connectivity index (χ4n) is 3.78. The highest BCUT2D eigenvalue weighted by atomic mass is 16.5. The molecule has 0 aromatic heterocycles. The van der Waals surface area contributed by atoms with Gasteiger partial charge < -0.3 is 10.1 Å². The zero-order chi connectivity index (χ0) is 13.9. The van der Waals surface area contributed by atoms with E-state index in [1.807, 2.05) is 0 Å². The molecule has 0 amide bonds. The molecular formula is C18H27NO. The van der Waals surface area contributed by atoms with Crippen molar-refractivity contribution in [2.24, 2.45) is 11.8 Å². The second kappa shape index (κ2) is 6.17. The van der Waals surface area contributed by atoms with E-state index < -0.39 is 0 Å². The van der Waals surface area contributed by atoms with Crippen molar-refractivity contribution in [2.75, 3.05) is 13.7 Å². The smallest absolute Gasteiger partial charge is 0.118 e. The summed E-state index contributed by atoms with van der Waals surface area (Å²) >= 11 is 0. The molecule has 0 radical (unpaired) electrons. The molecule has 2 aliphatic rings. The largest absolute Gasteiger partial charge is 0.497 e. The van der Waals surface area contributed by atoms with Crippen molar-refractivity contribution in [3.63, 3.8) is 0 Å². The summed E-state index contributed by atoms with van der Waals surface area (Å²) in [4.78, 5) is 0. The Labute approximate surface area is 122 Å². The molecule has 2 unspecified atom stereocenters. The van der Waals surface area contributed by atoms with Crippen LogP contribution in [0.2, 0.25) is 0 Å². The van der Waals surface area contributed by atoms with Gasteiger partial charge in [0.2, 0.25) is 0 Å². The van der Waals surface area contributed by atoms with Crippen LogP contribution in [0.4, 0.5) is 0 Å². The number of methoxy groups -OCH3 is 1. The maximum absolute atomic E-state index is 5.21. The number of hydrogen-bond acceptors (Lipinski definition) is 2. The van der Waals surface area contributed by atoms with Crippen LogP contribution in [0.3, 0.4) is 0 Å². The Bertz CT molecular complexity index is 422. The highest BCUT2D eigenvalue weighted by molar-refractivity contribution is 5.30. The van der Waals surface area contributed by atoms with Crippen LogP contribution in [0.5, 0.6) is 5.75 Å². The van der Waals surface area contributed by atoms with Gasteiger partial charge >= 0.3 is 0 Å². The summed E-state index contributed by atoms with van der Waals surface area (Å²) in [5.41, 5.74) is 1.47. The van der Waals surface area contributed by atoms with Crippen molar-refractivity contribution in [1.29, 1.82) is 0 Å². The van der Waals surface area contributed by atoms with Crippen LogP contribution in [0.1, 0.15) is 50.5 Å². The van der Waals surface area contributed by atoms with E-state index in [-0.39, 0.29) is 0 Å². The molecule has 1 N–H and O–H groups in total. The molecule has 0 bridgehead atoms. The van der Waals surface area contributed by atoms with Crippen LogP contribution in [0, 0.1) is 11.8 Å². The fraction of sp³-hybridized carbons (Fsp3) is 0.667. The molecular weight excluding hydrogens is 246 g/mol. The first-order chi connectivity index (χ1) is 9.74. The lowest BCUT2D eigenvalue weighted by Gasteiger charge is -2.37. The van der Waals surface area contributed by atoms with Crippen molar-refractivity contribution < 1.29 is 4.74 Å². The van der Waals surface area contributed by atoms with E-state index >= 15 is 0 Å². The van der Waals surface area contributed by atoms with Crippen LogP contribution in [-0.4, -0.2) is 19.7 Å². The quantitative estimate of drug-likeness (QED) is 0.876. The van der Waals surface area contributed by atoms with E-state index in [1.54, 1.807) is 7.11 Å². The van der Waals surface area contributed by atoms with Gasteiger partial charge in [0.25, 0.3) is 0 Å². The minimum Gasteiger partial charge on any atom is -0.497 e. The Kier molecular flexibility index (Phi) is 4.30. The molecule has 1 aromatic carbocycles. The van der Waals surface area contributed by atoms with Gasteiger partial charge in [-0.2, -0.15) is 0 Å². The van der Waals surface area contributed by atoms with Gasteiger partial charge in [0, 0.05) is 6.04 Å². The van der Waals surface area contributed by atoms with E-state index in [0.717, 1.165) is 29.5 Å². The van der Waals surface area contributed by atoms with Gasteiger partial charge in [-0.25, -0.2) is 0 Å². The summed E-state index contributed by atoms with van der Waals surface area (Å²) in [5, 5.41) is 3.78. The Balaban J connectivity index is 1.39. The molecule has 2 fully saturated rings. The standard InChI is InChI=1S/C18H27NO/c1-13-3-4-14(9-13)12-19-17-10-16(11-17)15-5-7-18(20-2)8-6-15/h5-8,13-14,16-17,19H,3-4,9-12H2,1-2H3. The summed E-state index contributed by atoms with van der Waals surface area (Å²) in [6.07, 6.45) is 6.90. The third-order valence-corrected chi connectivity index (χ3v) is 5.22. The van der Waals surface area contributed by atoms with E-state index in [2.05, 4.69) is 36.5 Å². The number of benzene rings is 1. The van der Waals surface area contributed by atoms with Crippen LogP contribution in [0.25, 0.3) is 0 Å². The third kappa shape index (κ3) is 3.17. The predicted molar refractivity (Wildman–Crippen MR) is 83.3 cm³/mol.